The van der Waals surface area contributed by atoms with Crippen LogP contribution in [0.5, 0.6) is 0 Å². The third-order valence-electron chi connectivity index (χ3n) is 3.37. The summed E-state index contributed by atoms with van der Waals surface area (Å²) in [4.78, 5) is 16.8. The van der Waals surface area contributed by atoms with E-state index < -0.39 is 0 Å². The number of carbonyl (C=O) groups is 1. The van der Waals surface area contributed by atoms with E-state index in [-0.39, 0.29) is 5.91 Å². The molecular formula is C13H25N3OS. The Hall–Kier alpha value is -0.680. The van der Waals surface area contributed by atoms with Crippen molar-refractivity contribution in [2.24, 2.45) is 11.7 Å². The molecule has 1 atom stereocenters. The number of hydrogen-bond donors (Lipinski definition) is 1. The topological polar surface area (TPSA) is 49.6 Å². The van der Waals surface area contributed by atoms with Gasteiger partial charge in [0.25, 0.3) is 0 Å². The van der Waals surface area contributed by atoms with Crippen molar-refractivity contribution < 1.29 is 4.79 Å². The van der Waals surface area contributed by atoms with Crippen molar-refractivity contribution in [3.8, 4) is 0 Å². The number of amides is 1. The van der Waals surface area contributed by atoms with E-state index >= 15 is 0 Å². The molecule has 1 amide bonds. The molecule has 0 saturated carbocycles. The second-order valence-electron chi connectivity index (χ2n) is 5.53. The first-order valence-corrected chi connectivity index (χ1v) is 7.11. The van der Waals surface area contributed by atoms with Crippen molar-refractivity contribution in [1.82, 2.24) is 9.80 Å². The summed E-state index contributed by atoms with van der Waals surface area (Å²) >= 11 is 4.94. The Labute approximate surface area is 115 Å². The Morgan fingerprint density at radius 3 is 2.17 bits per heavy atom. The SMILES string of the molecule is CC(C)CC(=O)N1CCN(C(C)CC(N)=S)CC1. The van der Waals surface area contributed by atoms with Crippen LogP contribution in [0.25, 0.3) is 0 Å². The van der Waals surface area contributed by atoms with Crippen LogP contribution in [0.3, 0.4) is 0 Å². The number of hydrogen-bond acceptors (Lipinski definition) is 3. The molecule has 0 spiro atoms. The minimum Gasteiger partial charge on any atom is -0.393 e. The lowest BCUT2D eigenvalue weighted by molar-refractivity contribution is -0.134. The van der Waals surface area contributed by atoms with Crippen LogP contribution in [-0.2, 0) is 4.79 Å². The number of nitrogens with zero attached hydrogens (tertiary/aromatic N) is 2. The van der Waals surface area contributed by atoms with E-state index in [1.165, 1.54) is 0 Å². The second kappa shape index (κ2) is 7.04. The molecule has 0 aromatic carbocycles. The molecule has 5 heteroatoms. The van der Waals surface area contributed by atoms with Crippen LogP contribution in [0.15, 0.2) is 0 Å². The average Bonchev–Trinajstić information content (AvgIpc) is 2.27. The quantitative estimate of drug-likeness (QED) is 0.764. The highest BCUT2D eigenvalue weighted by Gasteiger charge is 2.24. The molecule has 0 aliphatic carbocycles. The molecule has 0 aromatic rings. The van der Waals surface area contributed by atoms with Gasteiger partial charge in [-0.1, -0.05) is 26.1 Å². The van der Waals surface area contributed by atoms with Crippen molar-refractivity contribution >= 4 is 23.1 Å². The number of carbonyl (C=O) groups excluding carboxylic acids is 1. The molecule has 0 bridgehead atoms. The van der Waals surface area contributed by atoms with E-state index in [1.54, 1.807) is 0 Å². The van der Waals surface area contributed by atoms with E-state index in [4.69, 9.17) is 18.0 Å². The van der Waals surface area contributed by atoms with E-state index in [1.807, 2.05) is 4.90 Å². The Morgan fingerprint density at radius 2 is 1.72 bits per heavy atom. The predicted molar refractivity (Wildman–Crippen MR) is 78.5 cm³/mol. The van der Waals surface area contributed by atoms with Crippen LogP contribution in [0.2, 0.25) is 0 Å². The summed E-state index contributed by atoms with van der Waals surface area (Å²) in [5, 5.41) is 0. The largest absolute Gasteiger partial charge is 0.393 e. The predicted octanol–water partition coefficient (Wildman–Crippen LogP) is 1.24. The Bertz CT molecular complexity index is 299. The molecule has 2 N–H and O–H groups in total. The summed E-state index contributed by atoms with van der Waals surface area (Å²) in [6.45, 7) is 9.81. The molecule has 0 radical (unpaired) electrons. The smallest absolute Gasteiger partial charge is 0.222 e. The van der Waals surface area contributed by atoms with Crippen LogP contribution in [0.4, 0.5) is 0 Å². The fourth-order valence-electron chi connectivity index (χ4n) is 2.31. The lowest BCUT2D eigenvalue weighted by Gasteiger charge is -2.38. The maximum Gasteiger partial charge on any atom is 0.222 e. The number of thiocarbonyl (C=S) groups is 1. The van der Waals surface area contributed by atoms with Gasteiger partial charge in [0.1, 0.15) is 0 Å². The normalized spacial score (nSPS) is 19.0. The molecular weight excluding hydrogens is 246 g/mol. The summed E-state index contributed by atoms with van der Waals surface area (Å²) < 4.78 is 0. The van der Waals surface area contributed by atoms with Gasteiger partial charge in [0, 0.05) is 45.1 Å². The van der Waals surface area contributed by atoms with Crippen LogP contribution in [-0.4, -0.2) is 52.9 Å². The van der Waals surface area contributed by atoms with Gasteiger partial charge in [0.2, 0.25) is 5.91 Å². The maximum atomic E-state index is 11.9. The average molecular weight is 271 g/mol. The fraction of sp³-hybridized carbons (Fsp3) is 0.846. The third-order valence-corrected chi connectivity index (χ3v) is 3.54. The Balaban J connectivity index is 2.36. The van der Waals surface area contributed by atoms with Crippen molar-refractivity contribution in [3.63, 3.8) is 0 Å². The van der Waals surface area contributed by atoms with Crippen LogP contribution < -0.4 is 5.73 Å². The highest BCUT2D eigenvalue weighted by molar-refractivity contribution is 7.80. The monoisotopic (exact) mass is 271 g/mol. The lowest BCUT2D eigenvalue weighted by Crippen LogP contribution is -2.52. The van der Waals surface area contributed by atoms with Gasteiger partial charge in [-0.05, 0) is 12.8 Å². The minimum absolute atomic E-state index is 0.284. The fourth-order valence-corrected chi connectivity index (χ4v) is 2.55. The highest BCUT2D eigenvalue weighted by Crippen LogP contribution is 2.11. The molecule has 1 fully saturated rings. The van der Waals surface area contributed by atoms with E-state index in [9.17, 15) is 4.79 Å². The molecule has 1 aliphatic heterocycles. The first-order chi connectivity index (χ1) is 8.40. The highest BCUT2D eigenvalue weighted by atomic mass is 32.1. The molecule has 1 heterocycles. The first-order valence-electron chi connectivity index (χ1n) is 6.70. The summed E-state index contributed by atoms with van der Waals surface area (Å²) in [5.74, 6) is 0.718. The zero-order valence-electron chi connectivity index (χ0n) is 11.7. The van der Waals surface area contributed by atoms with Gasteiger partial charge in [-0.25, -0.2) is 0 Å². The van der Waals surface area contributed by atoms with Crippen molar-refractivity contribution in [3.05, 3.63) is 0 Å². The zero-order chi connectivity index (χ0) is 13.7. The van der Waals surface area contributed by atoms with Gasteiger partial charge in [-0.3, -0.25) is 9.69 Å². The minimum atomic E-state index is 0.284. The molecule has 104 valence electrons. The first kappa shape index (κ1) is 15.4. The molecule has 18 heavy (non-hydrogen) atoms. The number of rotatable bonds is 5. The summed E-state index contributed by atoms with van der Waals surface area (Å²) in [5.41, 5.74) is 5.57. The van der Waals surface area contributed by atoms with Gasteiger partial charge in [-0.2, -0.15) is 0 Å². The van der Waals surface area contributed by atoms with Crippen molar-refractivity contribution in [1.29, 1.82) is 0 Å². The standard InChI is InChI=1S/C13H25N3OS/c1-10(2)8-13(17)16-6-4-15(5-7-16)11(3)9-12(14)18/h10-11H,4-9H2,1-3H3,(H2,14,18). The van der Waals surface area contributed by atoms with Crippen LogP contribution >= 0.6 is 12.2 Å². The molecule has 1 aliphatic rings. The van der Waals surface area contributed by atoms with E-state index in [0.29, 0.717) is 23.4 Å². The molecule has 1 saturated heterocycles. The van der Waals surface area contributed by atoms with Gasteiger partial charge < -0.3 is 10.6 Å². The van der Waals surface area contributed by atoms with Crippen molar-refractivity contribution in [2.75, 3.05) is 26.2 Å². The molecule has 4 nitrogen and oxygen atoms in total. The molecule has 0 aromatic heterocycles. The molecule has 1 rings (SSSR count). The summed E-state index contributed by atoms with van der Waals surface area (Å²) in [6, 6.07) is 0.379. The van der Waals surface area contributed by atoms with Gasteiger partial charge >= 0.3 is 0 Å². The van der Waals surface area contributed by atoms with Gasteiger partial charge in [-0.15, -0.1) is 0 Å². The van der Waals surface area contributed by atoms with E-state index in [2.05, 4.69) is 25.7 Å². The summed E-state index contributed by atoms with van der Waals surface area (Å²) in [7, 11) is 0. The Kier molecular flexibility index (Phi) is 6.02. The lowest BCUT2D eigenvalue weighted by atomic mass is 10.1. The third kappa shape index (κ3) is 4.90. The number of piperazine rings is 1. The van der Waals surface area contributed by atoms with Gasteiger partial charge in [0.15, 0.2) is 0 Å². The number of nitrogens with two attached hydrogens (primary N) is 1. The van der Waals surface area contributed by atoms with Crippen LogP contribution in [0, 0.1) is 5.92 Å². The van der Waals surface area contributed by atoms with Gasteiger partial charge in [0.05, 0.1) is 4.99 Å². The zero-order valence-corrected chi connectivity index (χ0v) is 12.5. The van der Waals surface area contributed by atoms with Crippen molar-refractivity contribution in [2.45, 2.75) is 39.7 Å². The second-order valence-corrected chi connectivity index (χ2v) is 6.06. The van der Waals surface area contributed by atoms with Crippen LogP contribution in [0.1, 0.15) is 33.6 Å². The molecule has 1 unspecified atom stereocenters. The Morgan fingerprint density at radius 1 is 1.17 bits per heavy atom. The van der Waals surface area contributed by atoms with E-state index in [0.717, 1.165) is 32.6 Å². The maximum absolute atomic E-state index is 11.9. The summed E-state index contributed by atoms with van der Waals surface area (Å²) in [6.07, 6.45) is 1.41.